The summed E-state index contributed by atoms with van der Waals surface area (Å²) in [7, 11) is 0. The molecule has 78 valence electrons. The molecule has 0 bridgehead atoms. The quantitative estimate of drug-likeness (QED) is 0.672. The van der Waals surface area contributed by atoms with E-state index in [0.717, 1.165) is 5.69 Å². The Morgan fingerprint density at radius 3 is 2.86 bits per heavy atom. The highest BCUT2D eigenvalue weighted by Crippen LogP contribution is 2.18. The molecule has 1 aromatic heterocycles. The predicted molar refractivity (Wildman–Crippen MR) is 58.0 cm³/mol. The minimum Gasteiger partial charge on any atom is -0.396 e. The summed E-state index contributed by atoms with van der Waals surface area (Å²) >= 11 is 0. The molecule has 14 heavy (non-hydrogen) atoms. The Morgan fingerprint density at radius 2 is 2.29 bits per heavy atom. The van der Waals surface area contributed by atoms with Crippen LogP contribution in [0.2, 0.25) is 0 Å². The lowest BCUT2D eigenvalue weighted by atomic mass is 10.0. The molecule has 4 heteroatoms. The zero-order chi connectivity index (χ0) is 10.6. The molecule has 0 amide bonds. The lowest BCUT2D eigenvalue weighted by Gasteiger charge is -2.21. The first-order chi connectivity index (χ1) is 6.65. The Labute approximate surface area is 84.2 Å². The molecule has 4 N–H and O–H groups in total. The summed E-state index contributed by atoms with van der Waals surface area (Å²) in [5.74, 6) is 0.197. The molecular weight excluding hydrogens is 178 g/mol. The standard InChI is InChI=1S/C10H17N3O/c1-7(6-14)8(2)13-10-3-4-12-5-9(10)11/h3-5,7-8,14H,6,11H2,1-2H3,(H,12,13). The summed E-state index contributed by atoms with van der Waals surface area (Å²) in [6.45, 7) is 4.16. The molecule has 0 saturated carbocycles. The van der Waals surface area contributed by atoms with E-state index in [1.165, 1.54) is 0 Å². The number of aromatic nitrogens is 1. The second-order valence-corrected chi connectivity index (χ2v) is 3.56. The van der Waals surface area contributed by atoms with E-state index in [2.05, 4.69) is 10.3 Å². The number of hydrogen-bond acceptors (Lipinski definition) is 4. The highest BCUT2D eigenvalue weighted by Gasteiger charge is 2.11. The molecule has 1 rings (SSSR count). The maximum absolute atomic E-state index is 8.97. The van der Waals surface area contributed by atoms with E-state index in [4.69, 9.17) is 10.8 Å². The summed E-state index contributed by atoms with van der Waals surface area (Å²) in [4.78, 5) is 3.90. The number of anilines is 2. The Bertz CT molecular complexity index is 290. The Balaban J connectivity index is 2.64. The largest absolute Gasteiger partial charge is 0.396 e. The second-order valence-electron chi connectivity index (χ2n) is 3.56. The zero-order valence-electron chi connectivity index (χ0n) is 8.57. The first-order valence-corrected chi connectivity index (χ1v) is 4.72. The highest BCUT2D eigenvalue weighted by atomic mass is 16.3. The van der Waals surface area contributed by atoms with Crippen molar-refractivity contribution in [1.82, 2.24) is 4.98 Å². The molecule has 0 spiro atoms. The van der Waals surface area contributed by atoms with Crippen molar-refractivity contribution in [2.45, 2.75) is 19.9 Å². The van der Waals surface area contributed by atoms with Crippen molar-refractivity contribution in [2.75, 3.05) is 17.7 Å². The van der Waals surface area contributed by atoms with Crippen LogP contribution in [-0.4, -0.2) is 22.7 Å². The monoisotopic (exact) mass is 195 g/mol. The van der Waals surface area contributed by atoms with Gasteiger partial charge in [0.1, 0.15) is 0 Å². The van der Waals surface area contributed by atoms with Crippen LogP contribution in [0.4, 0.5) is 11.4 Å². The van der Waals surface area contributed by atoms with Gasteiger partial charge in [-0.25, -0.2) is 0 Å². The number of nitrogens with zero attached hydrogens (tertiary/aromatic N) is 1. The molecule has 1 heterocycles. The van der Waals surface area contributed by atoms with Gasteiger partial charge in [-0.1, -0.05) is 6.92 Å². The molecule has 2 atom stereocenters. The number of nitrogen functional groups attached to an aromatic ring is 1. The van der Waals surface area contributed by atoms with Crippen LogP contribution >= 0.6 is 0 Å². The van der Waals surface area contributed by atoms with Crippen molar-refractivity contribution in [3.8, 4) is 0 Å². The maximum atomic E-state index is 8.97. The number of nitrogens with two attached hydrogens (primary N) is 1. The molecule has 0 aliphatic rings. The number of aliphatic hydroxyl groups excluding tert-OH is 1. The first-order valence-electron chi connectivity index (χ1n) is 4.72. The molecule has 1 aromatic rings. The van der Waals surface area contributed by atoms with Gasteiger partial charge in [0, 0.05) is 18.8 Å². The normalized spacial score (nSPS) is 14.8. The van der Waals surface area contributed by atoms with Crippen LogP contribution in [0.3, 0.4) is 0 Å². The van der Waals surface area contributed by atoms with E-state index >= 15 is 0 Å². The molecule has 0 aliphatic carbocycles. The van der Waals surface area contributed by atoms with Crippen LogP contribution in [0.15, 0.2) is 18.5 Å². The third-order valence-electron chi connectivity index (χ3n) is 2.38. The van der Waals surface area contributed by atoms with Gasteiger partial charge >= 0.3 is 0 Å². The van der Waals surface area contributed by atoms with E-state index in [0.29, 0.717) is 5.69 Å². The minimum atomic E-state index is 0.166. The van der Waals surface area contributed by atoms with Gasteiger partial charge in [0.2, 0.25) is 0 Å². The van der Waals surface area contributed by atoms with Crippen molar-refractivity contribution in [1.29, 1.82) is 0 Å². The van der Waals surface area contributed by atoms with Crippen molar-refractivity contribution < 1.29 is 5.11 Å². The van der Waals surface area contributed by atoms with Crippen molar-refractivity contribution in [2.24, 2.45) is 5.92 Å². The van der Waals surface area contributed by atoms with Gasteiger partial charge in [0.05, 0.1) is 17.6 Å². The molecule has 0 saturated heterocycles. The SMILES string of the molecule is CC(CO)C(C)Nc1ccncc1N. The van der Waals surface area contributed by atoms with E-state index in [1.807, 2.05) is 19.9 Å². The summed E-state index contributed by atoms with van der Waals surface area (Å²) in [6, 6.07) is 2.01. The Morgan fingerprint density at radius 1 is 1.57 bits per heavy atom. The second kappa shape index (κ2) is 4.81. The van der Waals surface area contributed by atoms with Crippen LogP contribution < -0.4 is 11.1 Å². The fourth-order valence-electron chi connectivity index (χ4n) is 1.08. The number of hydrogen-bond donors (Lipinski definition) is 3. The molecule has 0 aliphatic heterocycles. The number of aliphatic hydroxyl groups is 1. The van der Waals surface area contributed by atoms with Crippen LogP contribution in [-0.2, 0) is 0 Å². The van der Waals surface area contributed by atoms with E-state index in [9.17, 15) is 0 Å². The van der Waals surface area contributed by atoms with Crippen molar-refractivity contribution in [3.05, 3.63) is 18.5 Å². The van der Waals surface area contributed by atoms with Gasteiger partial charge in [0.25, 0.3) is 0 Å². The molecule has 2 unspecified atom stereocenters. The van der Waals surface area contributed by atoms with Gasteiger partial charge in [-0.2, -0.15) is 0 Å². The van der Waals surface area contributed by atoms with Crippen LogP contribution in [0, 0.1) is 5.92 Å². The smallest absolute Gasteiger partial charge is 0.0736 e. The number of rotatable bonds is 4. The average molecular weight is 195 g/mol. The maximum Gasteiger partial charge on any atom is 0.0736 e. The van der Waals surface area contributed by atoms with Gasteiger partial charge in [-0.3, -0.25) is 4.98 Å². The van der Waals surface area contributed by atoms with E-state index < -0.39 is 0 Å². The van der Waals surface area contributed by atoms with E-state index in [-0.39, 0.29) is 18.6 Å². The summed E-state index contributed by atoms with van der Waals surface area (Å²) in [5, 5.41) is 12.2. The first kappa shape index (κ1) is 10.8. The number of pyridine rings is 1. The topological polar surface area (TPSA) is 71.2 Å². The fraction of sp³-hybridized carbons (Fsp3) is 0.500. The zero-order valence-corrected chi connectivity index (χ0v) is 8.57. The average Bonchev–Trinajstić information content (AvgIpc) is 2.20. The Kier molecular flexibility index (Phi) is 3.71. The van der Waals surface area contributed by atoms with E-state index in [1.54, 1.807) is 12.4 Å². The van der Waals surface area contributed by atoms with Crippen LogP contribution in [0.5, 0.6) is 0 Å². The molecule has 4 nitrogen and oxygen atoms in total. The van der Waals surface area contributed by atoms with Crippen LogP contribution in [0.25, 0.3) is 0 Å². The lowest BCUT2D eigenvalue weighted by molar-refractivity contribution is 0.226. The Hall–Kier alpha value is -1.29. The van der Waals surface area contributed by atoms with Gasteiger partial charge in [0.15, 0.2) is 0 Å². The minimum absolute atomic E-state index is 0.166. The van der Waals surface area contributed by atoms with Crippen molar-refractivity contribution >= 4 is 11.4 Å². The van der Waals surface area contributed by atoms with Gasteiger partial charge in [-0.15, -0.1) is 0 Å². The third kappa shape index (κ3) is 2.60. The molecule has 0 aromatic carbocycles. The third-order valence-corrected chi connectivity index (χ3v) is 2.38. The highest BCUT2D eigenvalue weighted by molar-refractivity contribution is 5.64. The summed E-state index contributed by atoms with van der Waals surface area (Å²) in [6.07, 6.45) is 3.30. The van der Waals surface area contributed by atoms with Gasteiger partial charge in [-0.05, 0) is 18.9 Å². The van der Waals surface area contributed by atoms with Crippen LogP contribution in [0.1, 0.15) is 13.8 Å². The predicted octanol–water partition coefficient (Wildman–Crippen LogP) is 1.09. The number of nitrogens with one attached hydrogen (secondary N) is 1. The lowest BCUT2D eigenvalue weighted by Crippen LogP contribution is -2.26. The molecule has 0 radical (unpaired) electrons. The fourth-order valence-corrected chi connectivity index (χ4v) is 1.08. The van der Waals surface area contributed by atoms with Crippen molar-refractivity contribution in [3.63, 3.8) is 0 Å². The summed E-state index contributed by atoms with van der Waals surface area (Å²) < 4.78 is 0. The molecule has 0 fully saturated rings. The summed E-state index contributed by atoms with van der Waals surface area (Å²) in [5.41, 5.74) is 7.22. The molecular formula is C10H17N3O. The van der Waals surface area contributed by atoms with Gasteiger partial charge < -0.3 is 16.2 Å².